The van der Waals surface area contributed by atoms with E-state index in [0.717, 1.165) is 72.3 Å². The van der Waals surface area contributed by atoms with Crippen molar-refractivity contribution in [3.63, 3.8) is 0 Å². The third-order valence-corrected chi connectivity index (χ3v) is 11.8. The van der Waals surface area contributed by atoms with Crippen LogP contribution in [-0.2, 0) is 0 Å². The monoisotopic (exact) mass is 762 g/mol. The molecule has 0 saturated carbocycles. The van der Waals surface area contributed by atoms with Crippen LogP contribution in [0.15, 0.2) is 170 Å². The Hall–Kier alpha value is -7.24. The molecule has 0 spiro atoms. The van der Waals surface area contributed by atoms with E-state index in [9.17, 15) is 0 Å². The summed E-state index contributed by atoms with van der Waals surface area (Å²) < 4.78 is 11.5. The van der Waals surface area contributed by atoms with Crippen molar-refractivity contribution in [3.05, 3.63) is 181 Å². The molecule has 11 rings (SSSR count). The molecule has 0 aliphatic heterocycles. The number of aromatic nitrogens is 4. The van der Waals surface area contributed by atoms with Gasteiger partial charge >= 0.3 is 0 Å². The highest BCUT2D eigenvalue weighted by atomic mass is 16.5. The number of benzene rings is 8. The van der Waals surface area contributed by atoms with Crippen LogP contribution >= 0.6 is 0 Å². The lowest BCUT2D eigenvalue weighted by Gasteiger charge is -2.24. The molecule has 5 heteroatoms. The average molecular weight is 763 g/mol. The maximum Gasteiger partial charge on any atom is 0.146 e. The van der Waals surface area contributed by atoms with E-state index in [-0.39, 0.29) is 11.8 Å². The number of para-hydroxylation sites is 3. The number of hydrogen-bond acceptors (Lipinski definition) is 3. The van der Waals surface area contributed by atoms with Gasteiger partial charge in [0.15, 0.2) is 0 Å². The summed E-state index contributed by atoms with van der Waals surface area (Å²) in [4.78, 5) is 10.7. The van der Waals surface area contributed by atoms with E-state index in [4.69, 9.17) is 14.7 Å². The Morgan fingerprint density at radius 1 is 0.458 bits per heavy atom. The fourth-order valence-electron chi connectivity index (χ4n) is 9.04. The lowest BCUT2D eigenvalue weighted by Crippen LogP contribution is -2.09. The summed E-state index contributed by atoms with van der Waals surface area (Å²) in [6.45, 7) is 9.16. The average Bonchev–Trinajstić information content (AvgIpc) is 3.86. The zero-order valence-corrected chi connectivity index (χ0v) is 33.5. The molecule has 11 aromatic rings. The molecule has 0 N–H and O–H groups in total. The van der Waals surface area contributed by atoms with Crippen LogP contribution < -0.4 is 4.74 Å². The summed E-state index contributed by atoms with van der Waals surface area (Å²) in [7, 11) is 0. The van der Waals surface area contributed by atoms with Crippen molar-refractivity contribution in [2.75, 3.05) is 0 Å². The van der Waals surface area contributed by atoms with Gasteiger partial charge in [0.2, 0.25) is 0 Å². The first-order chi connectivity index (χ1) is 28.9. The highest BCUT2D eigenvalue weighted by Crippen LogP contribution is 2.42. The molecule has 0 aliphatic rings. The molecule has 3 aromatic heterocycles. The van der Waals surface area contributed by atoms with Crippen LogP contribution in [0.4, 0.5) is 0 Å². The minimum absolute atomic E-state index is 0.276. The van der Waals surface area contributed by atoms with Crippen molar-refractivity contribution in [3.8, 4) is 39.7 Å². The van der Waals surface area contributed by atoms with Crippen molar-refractivity contribution in [1.82, 2.24) is 18.9 Å². The van der Waals surface area contributed by atoms with Crippen LogP contribution in [0.25, 0.3) is 88.4 Å². The van der Waals surface area contributed by atoms with E-state index < -0.39 is 0 Å². The topological polar surface area (TPSA) is 44.4 Å². The first-order valence-electron chi connectivity index (χ1n) is 20.5. The van der Waals surface area contributed by atoms with Crippen molar-refractivity contribution >= 4 is 60.2 Å². The maximum absolute atomic E-state index is 6.79. The zero-order chi connectivity index (χ0) is 39.8. The van der Waals surface area contributed by atoms with Crippen molar-refractivity contribution in [2.24, 2.45) is 0 Å². The van der Waals surface area contributed by atoms with E-state index in [0.29, 0.717) is 0 Å². The molecule has 284 valence electrons. The van der Waals surface area contributed by atoms with Gasteiger partial charge in [-0.1, -0.05) is 131 Å². The van der Waals surface area contributed by atoms with Crippen LogP contribution in [0.1, 0.15) is 50.7 Å². The smallest absolute Gasteiger partial charge is 0.146 e. The SMILES string of the molecule is CC(C)c1cc(-c2ccccc2)cc(C(C)C)c1-n1c(-c2cccc(Oc3ccc4c5ccccc5n5c6ccc7ccccc7c6nc5c4c3)c2)nc2ccccc21. The van der Waals surface area contributed by atoms with Crippen LogP contribution in [0.5, 0.6) is 11.5 Å². The molecular formula is C54H42N4O. The van der Waals surface area contributed by atoms with E-state index in [2.05, 4.69) is 200 Å². The molecule has 5 nitrogen and oxygen atoms in total. The van der Waals surface area contributed by atoms with Crippen molar-refractivity contribution < 1.29 is 4.74 Å². The summed E-state index contributed by atoms with van der Waals surface area (Å²) in [5, 5.41) is 5.69. The van der Waals surface area contributed by atoms with Crippen LogP contribution in [-0.4, -0.2) is 18.9 Å². The zero-order valence-electron chi connectivity index (χ0n) is 33.5. The highest BCUT2D eigenvalue weighted by Gasteiger charge is 2.24. The quantitative estimate of drug-likeness (QED) is 0.152. The predicted molar refractivity (Wildman–Crippen MR) is 245 cm³/mol. The van der Waals surface area contributed by atoms with E-state index in [1.807, 2.05) is 6.07 Å². The second kappa shape index (κ2) is 13.7. The number of pyridine rings is 1. The minimum atomic E-state index is 0.276. The molecular weight excluding hydrogens is 721 g/mol. The minimum Gasteiger partial charge on any atom is -0.457 e. The van der Waals surface area contributed by atoms with E-state index >= 15 is 0 Å². The molecule has 3 heterocycles. The third kappa shape index (κ3) is 5.68. The van der Waals surface area contributed by atoms with Crippen molar-refractivity contribution in [1.29, 1.82) is 0 Å². The molecule has 0 bridgehead atoms. The van der Waals surface area contributed by atoms with E-state index in [1.54, 1.807) is 0 Å². The third-order valence-electron chi connectivity index (χ3n) is 11.8. The van der Waals surface area contributed by atoms with Gasteiger partial charge in [0.05, 0.1) is 33.3 Å². The predicted octanol–water partition coefficient (Wildman–Crippen LogP) is 14.7. The summed E-state index contributed by atoms with van der Waals surface area (Å²) >= 11 is 0. The fraction of sp³-hybridized carbons (Fsp3) is 0.111. The van der Waals surface area contributed by atoms with Gasteiger partial charge in [-0.3, -0.25) is 8.97 Å². The normalized spacial score (nSPS) is 12.0. The van der Waals surface area contributed by atoms with Crippen molar-refractivity contribution in [2.45, 2.75) is 39.5 Å². The molecule has 0 saturated heterocycles. The van der Waals surface area contributed by atoms with Gasteiger partial charge in [0.25, 0.3) is 0 Å². The Balaban J connectivity index is 1.06. The summed E-state index contributed by atoms with van der Waals surface area (Å²) in [5.41, 5.74) is 13.4. The summed E-state index contributed by atoms with van der Waals surface area (Å²) in [5.74, 6) is 2.92. The molecule has 0 aliphatic carbocycles. The number of imidazole rings is 2. The number of fused-ring (bicyclic) bond motifs is 11. The Morgan fingerprint density at radius 3 is 1.93 bits per heavy atom. The van der Waals surface area contributed by atoms with Crippen LogP contribution in [0.3, 0.4) is 0 Å². The molecule has 0 amide bonds. The number of rotatable bonds is 7. The number of ether oxygens (including phenoxy) is 1. The second-order valence-electron chi connectivity index (χ2n) is 16.2. The Labute approximate surface area is 342 Å². The fourth-order valence-corrected chi connectivity index (χ4v) is 9.04. The molecule has 0 radical (unpaired) electrons. The Bertz CT molecular complexity index is 3400. The summed E-state index contributed by atoms with van der Waals surface area (Å²) in [6.07, 6.45) is 0. The first-order valence-corrected chi connectivity index (χ1v) is 20.5. The maximum atomic E-state index is 6.79. The van der Waals surface area contributed by atoms with Crippen LogP contribution in [0, 0.1) is 0 Å². The van der Waals surface area contributed by atoms with Gasteiger partial charge in [-0.15, -0.1) is 0 Å². The Kier molecular flexibility index (Phi) is 8.12. The molecule has 0 fully saturated rings. The number of nitrogens with zero attached hydrogens (tertiary/aromatic N) is 4. The number of hydrogen-bond donors (Lipinski definition) is 0. The standard InChI is InChI=1S/C54H42N4O/c1-33(2)44-30-38(35-15-6-5-7-16-35)31-45(34(3)4)52(44)58-49-24-13-11-22-47(49)55-53(58)37-18-14-19-39(29-37)59-40-26-27-42-43-21-10-12-23-48(43)57-50-28-25-36-17-8-9-20-41(36)51(50)56-54(57)46(42)32-40/h5-34H,1-4H3. The lowest BCUT2D eigenvalue weighted by molar-refractivity contribution is 0.483. The largest absolute Gasteiger partial charge is 0.457 e. The molecule has 0 unspecified atom stereocenters. The molecule has 0 atom stereocenters. The van der Waals surface area contributed by atoms with Crippen LogP contribution in [0.2, 0.25) is 0 Å². The van der Waals surface area contributed by atoms with Gasteiger partial charge in [0, 0.05) is 21.7 Å². The summed E-state index contributed by atoms with van der Waals surface area (Å²) in [6, 6.07) is 60.2. The van der Waals surface area contributed by atoms with Gasteiger partial charge < -0.3 is 4.74 Å². The molecule has 59 heavy (non-hydrogen) atoms. The van der Waals surface area contributed by atoms with E-state index in [1.165, 1.54) is 38.7 Å². The second-order valence-corrected chi connectivity index (χ2v) is 16.2. The van der Waals surface area contributed by atoms with Gasteiger partial charge in [-0.05, 0) is 112 Å². The highest BCUT2D eigenvalue weighted by molar-refractivity contribution is 6.16. The van der Waals surface area contributed by atoms with Gasteiger partial charge in [-0.25, -0.2) is 9.97 Å². The van der Waals surface area contributed by atoms with Gasteiger partial charge in [-0.2, -0.15) is 0 Å². The van der Waals surface area contributed by atoms with Gasteiger partial charge in [0.1, 0.15) is 23.0 Å². The Morgan fingerprint density at radius 2 is 1.14 bits per heavy atom. The lowest BCUT2D eigenvalue weighted by atomic mass is 9.88. The molecule has 8 aromatic carbocycles. The first kappa shape index (κ1) is 35.0.